The highest BCUT2D eigenvalue weighted by atomic mass is 16.5. The maximum absolute atomic E-state index is 10.6. The maximum atomic E-state index is 10.6. The Morgan fingerprint density at radius 2 is 2.10 bits per heavy atom. The van der Waals surface area contributed by atoms with Crippen LogP contribution in [0.4, 0.5) is 0 Å². The van der Waals surface area contributed by atoms with Gasteiger partial charge in [0.1, 0.15) is 0 Å². The van der Waals surface area contributed by atoms with Crippen LogP contribution in [0.15, 0.2) is 30.5 Å². The number of hydrogen-bond acceptors (Lipinski definition) is 4. The molecule has 2 rings (SSSR count). The highest BCUT2D eigenvalue weighted by Gasteiger charge is 2.02. The third-order valence-electron chi connectivity index (χ3n) is 2.45. The van der Waals surface area contributed by atoms with Crippen LogP contribution >= 0.6 is 0 Å². The Hall–Kier alpha value is -2.34. The molecule has 108 valence electrons. The van der Waals surface area contributed by atoms with E-state index in [9.17, 15) is 9.59 Å². The molecule has 0 aliphatic rings. The van der Waals surface area contributed by atoms with Crippen LogP contribution in [0.25, 0.3) is 10.9 Å². The molecule has 0 aliphatic heterocycles. The molecule has 6 heteroatoms. The van der Waals surface area contributed by atoms with Crippen molar-refractivity contribution in [1.82, 2.24) is 4.98 Å². The number of nitrogens with one attached hydrogen (secondary N) is 1. The molecule has 0 amide bonds. The van der Waals surface area contributed by atoms with Crippen molar-refractivity contribution >= 4 is 22.8 Å². The minimum atomic E-state index is -0.891. The predicted octanol–water partition coefficient (Wildman–Crippen LogP) is 1.76. The molecule has 0 saturated heterocycles. The van der Waals surface area contributed by atoms with Crippen molar-refractivity contribution < 1.29 is 19.4 Å². The van der Waals surface area contributed by atoms with Crippen molar-refractivity contribution in [2.75, 3.05) is 13.2 Å². The number of carbonyl (C=O) groups excluding carboxylic acids is 1. The molecular formula is C14H18N2O4. The lowest BCUT2D eigenvalue weighted by Crippen LogP contribution is -2.10. The highest BCUT2D eigenvalue weighted by molar-refractivity contribution is 5.93. The summed E-state index contributed by atoms with van der Waals surface area (Å²) in [6.07, 6.45) is 2.12. The van der Waals surface area contributed by atoms with Gasteiger partial charge in [-0.15, -0.1) is 0 Å². The minimum Gasteiger partial charge on any atom is -0.478 e. The molecule has 0 aliphatic carbocycles. The molecule has 4 N–H and O–H groups in total. The van der Waals surface area contributed by atoms with E-state index in [4.69, 9.17) is 10.8 Å². The Bertz CT molecular complexity index is 569. The van der Waals surface area contributed by atoms with E-state index >= 15 is 0 Å². The number of esters is 1. The van der Waals surface area contributed by atoms with Crippen molar-refractivity contribution in [3.63, 3.8) is 0 Å². The molecule has 0 fully saturated rings. The minimum absolute atomic E-state index is 0.213. The Balaban J connectivity index is 0.000000221. The second kappa shape index (κ2) is 7.96. The van der Waals surface area contributed by atoms with Crippen LogP contribution in [0, 0.1) is 0 Å². The SMILES string of the molecule is CCOC(=O)CCN.O=C(O)c1ccc2[nH]ccc2c1. The van der Waals surface area contributed by atoms with Crippen molar-refractivity contribution in [2.24, 2.45) is 5.73 Å². The number of aromatic amines is 1. The number of carbonyl (C=O) groups is 2. The van der Waals surface area contributed by atoms with E-state index in [1.165, 1.54) is 0 Å². The molecule has 1 heterocycles. The van der Waals surface area contributed by atoms with E-state index in [-0.39, 0.29) is 5.97 Å². The number of carboxylic acid groups (broad SMARTS) is 1. The fraction of sp³-hybridized carbons (Fsp3) is 0.286. The van der Waals surface area contributed by atoms with Gasteiger partial charge in [0.05, 0.1) is 18.6 Å². The first-order valence-corrected chi connectivity index (χ1v) is 6.24. The van der Waals surface area contributed by atoms with Crippen LogP contribution in [0.5, 0.6) is 0 Å². The molecule has 2 aromatic rings. The van der Waals surface area contributed by atoms with Crippen molar-refractivity contribution in [1.29, 1.82) is 0 Å². The summed E-state index contributed by atoms with van der Waals surface area (Å²) in [6.45, 7) is 2.59. The molecule has 0 bridgehead atoms. The van der Waals surface area contributed by atoms with Gasteiger partial charge >= 0.3 is 11.9 Å². The summed E-state index contributed by atoms with van der Waals surface area (Å²) in [5.74, 6) is -1.10. The number of carboxylic acids is 1. The van der Waals surface area contributed by atoms with Gasteiger partial charge in [0.2, 0.25) is 0 Å². The maximum Gasteiger partial charge on any atom is 0.335 e. The molecule has 0 radical (unpaired) electrons. The third kappa shape index (κ3) is 4.74. The van der Waals surface area contributed by atoms with Crippen LogP contribution in [0.2, 0.25) is 0 Å². The quantitative estimate of drug-likeness (QED) is 0.739. The van der Waals surface area contributed by atoms with E-state index in [0.717, 1.165) is 10.9 Å². The van der Waals surface area contributed by atoms with Gasteiger partial charge in [0.15, 0.2) is 0 Å². The monoisotopic (exact) mass is 278 g/mol. The summed E-state index contributed by atoms with van der Waals surface area (Å²) >= 11 is 0. The fourth-order valence-corrected chi connectivity index (χ4v) is 1.54. The number of fused-ring (bicyclic) bond motifs is 1. The van der Waals surface area contributed by atoms with E-state index in [0.29, 0.717) is 25.1 Å². The van der Waals surface area contributed by atoms with Gasteiger partial charge < -0.3 is 20.6 Å². The number of hydrogen-bond donors (Lipinski definition) is 3. The number of aromatic carboxylic acids is 1. The predicted molar refractivity (Wildman–Crippen MR) is 75.6 cm³/mol. The average molecular weight is 278 g/mol. The molecule has 20 heavy (non-hydrogen) atoms. The lowest BCUT2D eigenvalue weighted by atomic mass is 10.1. The van der Waals surface area contributed by atoms with Crippen LogP contribution in [-0.2, 0) is 9.53 Å². The summed E-state index contributed by atoms with van der Waals surface area (Å²) in [5.41, 5.74) is 6.34. The lowest BCUT2D eigenvalue weighted by molar-refractivity contribution is -0.142. The Morgan fingerprint density at radius 3 is 2.70 bits per heavy atom. The second-order valence-corrected chi connectivity index (χ2v) is 3.93. The normalized spacial score (nSPS) is 9.70. The first-order valence-electron chi connectivity index (χ1n) is 6.24. The van der Waals surface area contributed by atoms with Crippen molar-refractivity contribution in [3.8, 4) is 0 Å². The number of benzene rings is 1. The molecule has 0 unspecified atom stereocenters. The van der Waals surface area contributed by atoms with Crippen LogP contribution in [-0.4, -0.2) is 35.2 Å². The largest absolute Gasteiger partial charge is 0.478 e. The first kappa shape index (κ1) is 15.7. The molecule has 0 spiro atoms. The van der Waals surface area contributed by atoms with Gasteiger partial charge in [0.25, 0.3) is 0 Å². The zero-order valence-electron chi connectivity index (χ0n) is 11.3. The highest BCUT2D eigenvalue weighted by Crippen LogP contribution is 2.13. The zero-order valence-corrected chi connectivity index (χ0v) is 11.3. The molecule has 1 aromatic heterocycles. The van der Waals surface area contributed by atoms with E-state index in [2.05, 4.69) is 9.72 Å². The fourth-order valence-electron chi connectivity index (χ4n) is 1.54. The summed E-state index contributed by atoms with van der Waals surface area (Å²) in [4.78, 5) is 23.9. The Kier molecular flexibility index (Phi) is 6.25. The number of ether oxygens (including phenoxy) is 1. The number of rotatable bonds is 4. The summed E-state index contributed by atoms with van der Waals surface area (Å²) in [6, 6.07) is 6.84. The van der Waals surface area contributed by atoms with E-state index in [1.54, 1.807) is 31.3 Å². The molecular weight excluding hydrogens is 260 g/mol. The van der Waals surface area contributed by atoms with Crippen LogP contribution in [0.3, 0.4) is 0 Å². The molecule has 0 atom stereocenters. The summed E-state index contributed by atoms with van der Waals surface area (Å²) < 4.78 is 4.56. The average Bonchev–Trinajstić information content (AvgIpc) is 2.87. The Morgan fingerprint density at radius 1 is 1.35 bits per heavy atom. The van der Waals surface area contributed by atoms with Gasteiger partial charge in [-0.25, -0.2) is 4.79 Å². The molecule has 0 saturated carbocycles. The number of nitrogens with two attached hydrogens (primary N) is 1. The van der Waals surface area contributed by atoms with E-state index < -0.39 is 5.97 Å². The van der Waals surface area contributed by atoms with Gasteiger partial charge in [-0.3, -0.25) is 4.79 Å². The lowest BCUT2D eigenvalue weighted by Gasteiger charge is -1.96. The second-order valence-electron chi connectivity index (χ2n) is 3.93. The topological polar surface area (TPSA) is 105 Å². The van der Waals surface area contributed by atoms with Crippen LogP contribution in [0.1, 0.15) is 23.7 Å². The van der Waals surface area contributed by atoms with Crippen molar-refractivity contribution in [2.45, 2.75) is 13.3 Å². The third-order valence-corrected chi connectivity index (χ3v) is 2.45. The zero-order chi connectivity index (χ0) is 15.0. The summed E-state index contributed by atoms with van der Waals surface area (Å²) in [7, 11) is 0. The van der Waals surface area contributed by atoms with Gasteiger partial charge in [-0.1, -0.05) is 0 Å². The van der Waals surface area contributed by atoms with Gasteiger partial charge in [-0.2, -0.15) is 0 Å². The number of aromatic nitrogens is 1. The van der Waals surface area contributed by atoms with Gasteiger partial charge in [-0.05, 0) is 31.2 Å². The molecule has 1 aromatic carbocycles. The molecule has 6 nitrogen and oxygen atoms in total. The smallest absolute Gasteiger partial charge is 0.335 e. The first-order chi connectivity index (χ1) is 9.58. The number of H-pyrrole nitrogens is 1. The van der Waals surface area contributed by atoms with Gasteiger partial charge in [0, 0.05) is 23.6 Å². The summed E-state index contributed by atoms with van der Waals surface area (Å²) in [5, 5.41) is 9.60. The van der Waals surface area contributed by atoms with Crippen LogP contribution < -0.4 is 5.73 Å². The Labute approximate surface area is 116 Å². The van der Waals surface area contributed by atoms with Crippen molar-refractivity contribution in [3.05, 3.63) is 36.0 Å². The standard InChI is InChI=1S/C9H7NO2.C5H11NO2/c11-9(12)7-1-2-8-6(5-7)3-4-10-8;1-2-8-5(7)3-4-6/h1-5,10H,(H,11,12);2-4,6H2,1H3. The van der Waals surface area contributed by atoms with E-state index in [1.807, 2.05) is 6.07 Å².